The summed E-state index contributed by atoms with van der Waals surface area (Å²) in [6.45, 7) is 9.45. The Morgan fingerprint density at radius 1 is 1.21 bits per heavy atom. The molecule has 0 radical (unpaired) electrons. The molecule has 0 heterocycles. The Kier molecular flexibility index (Phi) is 10.5. The van der Waals surface area contributed by atoms with Gasteiger partial charge in [-0.3, -0.25) is 0 Å². The molecule has 0 bridgehead atoms. The molecule has 1 N–H and O–H groups in total. The monoisotopic (exact) mass is 197 g/mol. The van der Waals surface area contributed by atoms with Crippen molar-refractivity contribution in [3.05, 3.63) is 12.7 Å². The highest BCUT2D eigenvalue weighted by Gasteiger charge is 2.02. The van der Waals surface area contributed by atoms with Crippen LogP contribution in [-0.2, 0) is 0 Å². The third kappa shape index (κ3) is 8.31. The van der Waals surface area contributed by atoms with Gasteiger partial charge in [0.25, 0.3) is 0 Å². The van der Waals surface area contributed by atoms with E-state index < -0.39 is 0 Å². The molecule has 0 aromatic carbocycles. The Labute approximate surface area is 90.0 Å². The van der Waals surface area contributed by atoms with Gasteiger partial charge in [-0.25, -0.2) is 0 Å². The molecule has 1 unspecified atom stereocenters. The molecule has 0 aliphatic carbocycles. The Balaban J connectivity index is 3.19. The van der Waals surface area contributed by atoms with Gasteiger partial charge in [0.15, 0.2) is 0 Å². The summed E-state index contributed by atoms with van der Waals surface area (Å²) < 4.78 is 0. The number of hydrogen-bond donors (Lipinski definition) is 1. The van der Waals surface area contributed by atoms with Crippen LogP contribution in [0.4, 0.5) is 0 Å². The molecule has 1 heteroatoms. The molecule has 0 aliphatic rings. The molecule has 0 rings (SSSR count). The Bertz CT molecular complexity index is 120. The molecule has 0 aromatic heterocycles. The van der Waals surface area contributed by atoms with Crippen LogP contribution in [0.3, 0.4) is 0 Å². The largest absolute Gasteiger partial charge is 0.314 e. The highest BCUT2D eigenvalue weighted by Crippen LogP contribution is 2.03. The topological polar surface area (TPSA) is 12.0 Å². The summed E-state index contributed by atoms with van der Waals surface area (Å²) >= 11 is 0. The number of allylic oxidation sites excluding steroid dienone is 1. The normalized spacial score (nSPS) is 12.7. The first kappa shape index (κ1) is 13.7. The molecule has 0 aromatic rings. The molecule has 0 amide bonds. The second-order valence-electron chi connectivity index (χ2n) is 3.99. The zero-order valence-electron chi connectivity index (χ0n) is 10.0. The molecule has 84 valence electrons. The summed E-state index contributed by atoms with van der Waals surface area (Å²) in [6.07, 6.45) is 11.0. The fraction of sp³-hybridized carbons (Fsp3) is 0.846. The zero-order valence-corrected chi connectivity index (χ0v) is 10.0. The van der Waals surface area contributed by atoms with Crippen molar-refractivity contribution in [2.45, 2.75) is 64.8 Å². The molecule has 1 atom stereocenters. The lowest BCUT2D eigenvalue weighted by molar-refractivity contribution is 0.453. The van der Waals surface area contributed by atoms with Crippen LogP contribution in [0.2, 0.25) is 0 Å². The SMILES string of the molecule is C=CCCCCCNC(CC)CCC. The molecule has 0 aliphatic heterocycles. The first-order chi connectivity index (χ1) is 6.85. The highest BCUT2D eigenvalue weighted by molar-refractivity contribution is 4.67. The van der Waals surface area contributed by atoms with Crippen molar-refractivity contribution in [3.8, 4) is 0 Å². The molecule has 0 fully saturated rings. The van der Waals surface area contributed by atoms with Crippen molar-refractivity contribution in [1.29, 1.82) is 0 Å². The van der Waals surface area contributed by atoms with Gasteiger partial charge in [0.05, 0.1) is 0 Å². The van der Waals surface area contributed by atoms with E-state index in [1.807, 2.05) is 6.08 Å². The number of rotatable bonds is 10. The Morgan fingerprint density at radius 2 is 2.00 bits per heavy atom. The van der Waals surface area contributed by atoms with Crippen LogP contribution in [-0.4, -0.2) is 12.6 Å². The average Bonchev–Trinajstić information content (AvgIpc) is 2.21. The third-order valence-electron chi connectivity index (χ3n) is 2.65. The minimum atomic E-state index is 0.749. The third-order valence-corrected chi connectivity index (χ3v) is 2.65. The summed E-state index contributed by atoms with van der Waals surface area (Å²) in [4.78, 5) is 0. The standard InChI is InChI=1S/C13H27N/c1-4-7-8-9-10-12-14-13(6-3)11-5-2/h4,13-14H,1,5-12H2,2-3H3. The van der Waals surface area contributed by atoms with Gasteiger partial charge < -0.3 is 5.32 Å². The van der Waals surface area contributed by atoms with Gasteiger partial charge in [-0.2, -0.15) is 0 Å². The van der Waals surface area contributed by atoms with E-state index in [9.17, 15) is 0 Å². The molecule has 1 nitrogen and oxygen atoms in total. The van der Waals surface area contributed by atoms with Gasteiger partial charge in [0.2, 0.25) is 0 Å². The Morgan fingerprint density at radius 3 is 2.57 bits per heavy atom. The zero-order chi connectivity index (χ0) is 10.6. The quantitative estimate of drug-likeness (QED) is 0.414. The first-order valence-electron chi connectivity index (χ1n) is 6.19. The van der Waals surface area contributed by atoms with E-state index >= 15 is 0 Å². The predicted molar refractivity (Wildman–Crippen MR) is 65.7 cm³/mol. The van der Waals surface area contributed by atoms with Crippen molar-refractivity contribution >= 4 is 0 Å². The van der Waals surface area contributed by atoms with Crippen molar-refractivity contribution < 1.29 is 0 Å². The molecule has 14 heavy (non-hydrogen) atoms. The molecule has 0 saturated heterocycles. The number of nitrogens with one attached hydrogen (secondary N) is 1. The van der Waals surface area contributed by atoms with Crippen LogP contribution >= 0.6 is 0 Å². The molecular weight excluding hydrogens is 170 g/mol. The first-order valence-corrected chi connectivity index (χ1v) is 6.19. The van der Waals surface area contributed by atoms with E-state index in [-0.39, 0.29) is 0 Å². The van der Waals surface area contributed by atoms with Crippen LogP contribution in [0, 0.1) is 0 Å². The fourth-order valence-corrected chi connectivity index (χ4v) is 1.70. The summed E-state index contributed by atoms with van der Waals surface area (Å²) in [7, 11) is 0. The maximum atomic E-state index is 3.73. The maximum absolute atomic E-state index is 3.73. The minimum Gasteiger partial charge on any atom is -0.314 e. The van der Waals surface area contributed by atoms with Crippen molar-refractivity contribution in [1.82, 2.24) is 5.32 Å². The van der Waals surface area contributed by atoms with Crippen molar-refractivity contribution in [2.75, 3.05) is 6.54 Å². The van der Waals surface area contributed by atoms with E-state index in [4.69, 9.17) is 0 Å². The lowest BCUT2D eigenvalue weighted by atomic mass is 10.1. The average molecular weight is 197 g/mol. The smallest absolute Gasteiger partial charge is 0.00643 e. The van der Waals surface area contributed by atoms with Gasteiger partial charge in [-0.15, -0.1) is 6.58 Å². The molecular formula is C13H27N. The van der Waals surface area contributed by atoms with Gasteiger partial charge >= 0.3 is 0 Å². The van der Waals surface area contributed by atoms with Gasteiger partial charge in [-0.1, -0.05) is 32.8 Å². The Hall–Kier alpha value is -0.300. The second kappa shape index (κ2) is 10.8. The van der Waals surface area contributed by atoms with Crippen molar-refractivity contribution in [2.24, 2.45) is 0 Å². The van der Waals surface area contributed by atoms with Crippen LogP contribution in [0.15, 0.2) is 12.7 Å². The van der Waals surface area contributed by atoms with E-state index in [1.54, 1.807) is 0 Å². The second-order valence-corrected chi connectivity index (χ2v) is 3.99. The molecule has 0 saturated carbocycles. The number of unbranched alkanes of at least 4 members (excludes halogenated alkanes) is 3. The molecule has 0 spiro atoms. The van der Waals surface area contributed by atoms with E-state index in [2.05, 4.69) is 25.7 Å². The van der Waals surface area contributed by atoms with Crippen LogP contribution in [0.1, 0.15) is 58.8 Å². The van der Waals surface area contributed by atoms with Gasteiger partial charge in [-0.05, 0) is 38.6 Å². The lowest BCUT2D eigenvalue weighted by Crippen LogP contribution is -2.29. The summed E-state index contributed by atoms with van der Waals surface area (Å²) in [6, 6.07) is 0.749. The van der Waals surface area contributed by atoms with Crippen molar-refractivity contribution in [3.63, 3.8) is 0 Å². The fourth-order valence-electron chi connectivity index (χ4n) is 1.70. The number of hydrogen-bond acceptors (Lipinski definition) is 1. The lowest BCUT2D eigenvalue weighted by Gasteiger charge is -2.15. The van der Waals surface area contributed by atoms with E-state index in [0.717, 1.165) is 6.04 Å². The van der Waals surface area contributed by atoms with Crippen LogP contribution in [0.25, 0.3) is 0 Å². The summed E-state index contributed by atoms with van der Waals surface area (Å²) in [5, 5.41) is 3.62. The van der Waals surface area contributed by atoms with Gasteiger partial charge in [0.1, 0.15) is 0 Å². The van der Waals surface area contributed by atoms with E-state index in [0.29, 0.717) is 0 Å². The van der Waals surface area contributed by atoms with E-state index in [1.165, 1.54) is 51.5 Å². The van der Waals surface area contributed by atoms with Gasteiger partial charge in [0, 0.05) is 6.04 Å². The predicted octanol–water partition coefficient (Wildman–Crippen LogP) is 3.90. The summed E-state index contributed by atoms with van der Waals surface area (Å²) in [5.41, 5.74) is 0. The van der Waals surface area contributed by atoms with Crippen LogP contribution in [0.5, 0.6) is 0 Å². The summed E-state index contributed by atoms with van der Waals surface area (Å²) in [5.74, 6) is 0. The maximum Gasteiger partial charge on any atom is 0.00643 e. The van der Waals surface area contributed by atoms with Crippen LogP contribution < -0.4 is 5.32 Å². The highest BCUT2D eigenvalue weighted by atomic mass is 14.9. The minimum absolute atomic E-state index is 0.749.